The van der Waals surface area contributed by atoms with Crippen LogP contribution in [0.1, 0.15) is 30.9 Å². The molecule has 0 amide bonds. The minimum Gasteiger partial charge on any atom is -0.0654 e. The molecule has 6 aromatic carbocycles. The molecular formula is C31H28. The summed E-state index contributed by atoms with van der Waals surface area (Å²) in [4.78, 5) is 0. The van der Waals surface area contributed by atoms with Gasteiger partial charge >= 0.3 is 0 Å². The van der Waals surface area contributed by atoms with E-state index in [1.165, 1.54) is 67.1 Å². The maximum absolute atomic E-state index is 2.35. The summed E-state index contributed by atoms with van der Waals surface area (Å²) in [6.07, 6.45) is 3.65. The SMILES string of the molecule is CCCCc1ccc2cccc3c4cccc5cccc(c1c23)c54.Cc1ccccc1. The smallest absolute Gasteiger partial charge is 0.00236 e. The van der Waals surface area contributed by atoms with Crippen molar-refractivity contribution in [2.75, 3.05) is 0 Å². The third-order valence-corrected chi connectivity index (χ3v) is 6.34. The third kappa shape index (κ3) is 3.53. The van der Waals surface area contributed by atoms with Crippen LogP contribution in [-0.2, 0) is 6.42 Å². The van der Waals surface area contributed by atoms with Crippen LogP contribution in [-0.4, -0.2) is 0 Å². The molecule has 0 aliphatic heterocycles. The Kier molecular flexibility index (Phi) is 5.30. The van der Waals surface area contributed by atoms with E-state index in [0.29, 0.717) is 0 Å². The Hall–Kier alpha value is -3.38. The molecule has 31 heavy (non-hydrogen) atoms. The van der Waals surface area contributed by atoms with Crippen molar-refractivity contribution in [2.24, 2.45) is 0 Å². The first-order valence-corrected chi connectivity index (χ1v) is 11.4. The molecule has 0 unspecified atom stereocenters. The molecule has 0 aliphatic carbocycles. The summed E-state index contributed by atoms with van der Waals surface area (Å²) in [5, 5.41) is 11.2. The highest BCUT2D eigenvalue weighted by atomic mass is 14.2. The van der Waals surface area contributed by atoms with Crippen molar-refractivity contribution in [1.29, 1.82) is 0 Å². The molecule has 0 aromatic heterocycles. The van der Waals surface area contributed by atoms with E-state index in [9.17, 15) is 0 Å². The standard InChI is InChI=1S/C24H20.C7H8/c1-2-3-7-17-14-15-18-10-5-12-20-19-11-4-8-16-9-6-13-21(22(16)19)24(17)23(18)20;1-7-5-3-2-4-6-7/h4-6,8-15H,2-3,7H2,1H3;2-6H,1H3. The lowest BCUT2D eigenvalue weighted by Gasteiger charge is -2.17. The average Bonchev–Trinajstić information content (AvgIpc) is 2.82. The van der Waals surface area contributed by atoms with Crippen LogP contribution in [0.2, 0.25) is 0 Å². The molecule has 152 valence electrons. The minimum absolute atomic E-state index is 1.16. The normalized spacial score (nSPS) is 11.3. The van der Waals surface area contributed by atoms with Gasteiger partial charge in [-0.25, -0.2) is 0 Å². The van der Waals surface area contributed by atoms with Crippen molar-refractivity contribution < 1.29 is 0 Å². The van der Waals surface area contributed by atoms with Crippen LogP contribution in [0.3, 0.4) is 0 Å². The molecule has 0 radical (unpaired) electrons. The van der Waals surface area contributed by atoms with Crippen molar-refractivity contribution >= 4 is 43.1 Å². The summed E-state index contributed by atoms with van der Waals surface area (Å²) in [5.41, 5.74) is 2.82. The van der Waals surface area contributed by atoms with Crippen LogP contribution in [0.25, 0.3) is 43.1 Å². The topological polar surface area (TPSA) is 0 Å². The molecule has 0 heterocycles. The van der Waals surface area contributed by atoms with Gasteiger partial charge in [0, 0.05) is 0 Å². The highest BCUT2D eigenvalue weighted by Crippen LogP contribution is 2.41. The molecule has 6 aromatic rings. The van der Waals surface area contributed by atoms with Crippen molar-refractivity contribution in [3.05, 3.63) is 108 Å². The molecule has 0 spiro atoms. The molecule has 0 heteroatoms. The zero-order chi connectivity index (χ0) is 21.2. The predicted molar refractivity (Wildman–Crippen MR) is 137 cm³/mol. The average molecular weight is 401 g/mol. The van der Waals surface area contributed by atoms with Gasteiger partial charge in [0.1, 0.15) is 0 Å². The Labute approximate surface area is 184 Å². The first-order chi connectivity index (χ1) is 15.3. The van der Waals surface area contributed by atoms with Gasteiger partial charge in [0.15, 0.2) is 0 Å². The largest absolute Gasteiger partial charge is 0.0654 e. The van der Waals surface area contributed by atoms with Crippen LogP contribution in [0.15, 0.2) is 97.1 Å². The molecule has 0 fully saturated rings. The molecule has 0 N–H and O–H groups in total. The van der Waals surface area contributed by atoms with Gasteiger partial charge in [-0.3, -0.25) is 0 Å². The van der Waals surface area contributed by atoms with E-state index in [-0.39, 0.29) is 0 Å². The van der Waals surface area contributed by atoms with E-state index >= 15 is 0 Å². The Morgan fingerprint density at radius 1 is 0.516 bits per heavy atom. The summed E-state index contributed by atoms with van der Waals surface area (Å²) < 4.78 is 0. The van der Waals surface area contributed by atoms with Crippen LogP contribution >= 0.6 is 0 Å². The number of rotatable bonds is 3. The van der Waals surface area contributed by atoms with Gasteiger partial charge in [-0.05, 0) is 68.4 Å². The van der Waals surface area contributed by atoms with Crippen LogP contribution in [0.4, 0.5) is 0 Å². The van der Waals surface area contributed by atoms with Gasteiger partial charge in [-0.1, -0.05) is 116 Å². The van der Waals surface area contributed by atoms with E-state index in [1.807, 2.05) is 18.2 Å². The number of benzene rings is 6. The fourth-order valence-corrected chi connectivity index (χ4v) is 4.84. The Balaban J connectivity index is 0.000000250. The second kappa shape index (κ2) is 8.40. The lowest BCUT2D eigenvalue weighted by atomic mass is 9.87. The lowest BCUT2D eigenvalue weighted by Crippen LogP contribution is -1.92. The minimum atomic E-state index is 1.16. The quantitative estimate of drug-likeness (QED) is 0.205. The van der Waals surface area contributed by atoms with Crippen LogP contribution < -0.4 is 0 Å². The molecule has 0 nitrogen and oxygen atoms in total. The highest BCUT2D eigenvalue weighted by Gasteiger charge is 2.14. The van der Waals surface area contributed by atoms with Crippen molar-refractivity contribution in [3.8, 4) is 0 Å². The van der Waals surface area contributed by atoms with E-state index in [1.54, 1.807) is 0 Å². The molecular weight excluding hydrogens is 372 g/mol. The van der Waals surface area contributed by atoms with Gasteiger partial charge in [0.05, 0.1) is 0 Å². The summed E-state index contributed by atoms with van der Waals surface area (Å²) in [5.74, 6) is 0. The van der Waals surface area contributed by atoms with Gasteiger partial charge in [-0.15, -0.1) is 0 Å². The van der Waals surface area contributed by atoms with Crippen molar-refractivity contribution in [3.63, 3.8) is 0 Å². The summed E-state index contributed by atoms with van der Waals surface area (Å²) in [6, 6.07) is 35.1. The lowest BCUT2D eigenvalue weighted by molar-refractivity contribution is 0.799. The van der Waals surface area contributed by atoms with E-state index in [0.717, 1.165) is 6.42 Å². The van der Waals surface area contributed by atoms with E-state index < -0.39 is 0 Å². The third-order valence-electron chi connectivity index (χ3n) is 6.34. The van der Waals surface area contributed by atoms with E-state index in [4.69, 9.17) is 0 Å². The summed E-state index contributed by atoms with van der Waals surface area (Å²) >= 11 is 0. The number of fused-ring (bicyclic) bond motifs is 2. The number of aryl methyl sites for hydroxylation is 2. The van der Waals surface area contributed by atoms with Gasteiger partial charge in [-0.2, -0.15) is 0 Å². The van der Waals surface area contributed by atoms with Gasteiger partial charge < -0.3 is 0 Å². The molecule has 0 saturated carbocycles. The molecule has 0 saturated heterocycles. The fourth-order valence-electron chi connectivity index (χ4n) is 4.84. The van der Waals surface area contributed by atoms with Crippen LogP contribution in [0, 0.1) is 6.92 Å². The van der Waals surface area contributed by atoms with Crippen LogP contribution in [0.5, 0.6) is 0 Å². The second-order valence-electron chi connectivity index (χ2n) is 8.47. The predicted octanol–water partition coefficient (Wildman–Crippen LogP) is 9.07. The van der Waals surface area contributed by atoms with Gasteiger partial charge in [0.2, 0.25) is 0 Å². The van der Waals surface area contributed by atoms with Crippen molar-refractivity contribution in [2.45, 2.75) is 33.1 Å². The Morgan fingerprint density at radius 3 is 1.74 bits per heavy atom. The second-order valence-corrected chi connectivity index (χ2v) is 8.47. The maximum atomic E-state index is 2.35. The summed E-state index contributed by atoms with van der Waals surface area (Å²) in [6.45, 7) is 4.36. The number of unbranched alkanes of at least 4 members (excludes halogenated alkanes) is 1. The first kappa shape index (κ1) is 19.6. The first-order valence-electron chi connectivity index (χ1n) is 11.4. The maximum Gasteiger partial charge on any atom is -0.00236 e. The number of hydrogen-bond acceptors (Lipinski definition) is 0. The molecule has 0 aliphatic rings. The fraction of sp³-hybridized carbons (Fsp3) is 0.161. The highest BCUT2D eigenvalue weighted by molar-refractivity contribution is 6.33. The van der Waals surface area contributed by atoms with E-state index in [2.05, 4.69) is 92.7 Å². The molecule has 6 rings (SSSR count). The molecule has 0 atom stereocenters. The molecule has 0 bridgehead atoms. The number of hydrogen-bond donors (Lipinski definition) is 0. The Morgan fingerprint density at radius 2 is 1.13 bits per heavy atom. The zero-order valence-corrected chi connectivity index (χ0v) is 18.4. The van der Waals surface area contributed by atoms with Gasteiger partial charge in [0.25, 0.3) is 0 Å². The zero-order valence-electron chi connectivity index (χ0n) is 18.4. The summed E-state index contributed by atoms with van der Waals surface area (Å²) in [7, 11) is 0. The Bertz CT molecular complexity index is 1450. The van der Waals surface area contributed by atoms with Crippen molar-refractivity contribution in [1.82, 2.24) is 0 Å². The monoisotopic (exact) mass is 400 g/mol.